The number of carbonyl (C=O) groups excluding carboxylic acids is 1. The van der Waals surface area contributed by atoms with Crippen LogP contribution in [0.1, 0.15) is 6.92 Å². The minimum atomic E-state index is -3.97. The van der Waals surface area contributed by atoms with Crippen LogP contribution in [0, 0.1) is 0 Å². The van der Waals surface area contributed by atoms with Crippen molar-refractivity contribution in [2.24, 2.45) is 0 Å². The molecule has 15 heavy (non-hydrogen) atoms. The summed E-state index contributed by atoms with van der Waals surface area (Å²) in [4.78, 5) is 21.3. The van der Waals surface area contributed by atoms with Gasteiger partial charge < -0.3 is 9.84 Å². The number of carboxylic acid groups (broad SMARTS) is 1. The SMILES string of the molecule is COC(=O)C(C)S(=O)(=O)N(C)CC(=O)O. The molecule has 1 N–H and O–H groups in total. The van der Waals surface area contributed by atoms with Gasteiger partial charge in [0.15, 0.2) is 5.25 Å². The number of ether oxygens (including phenoxy) is 1. The topological polar surface area (TPSA) is 101 Å². The van der Waals surface area contributed by atoms with Crippen LogP contribution in [0.2, 0.25) is 0 Å². The Morgan fingerprint density at radius 1 is 1.47 bits per heavy atom. The number of esters is 1. The van der Waals surface area contributed by atoms with E-state index in [4.69, 9.17) is 5.11 Å². The lowest BCUT2D eigenvalue weighted by atomic mass is 10.5. The van der Waals surface area contributed by atoms with Crippen LogP contribution in [-0.4, -0.2) is 55.7 Å². The fraction of sp³-hybridized carbons (Fsp3) is 0.714. The van der Waals surface area contributed by atoms with Crippen molar-refractivity contribution in [2.75, 3.05) is 20.7 Å². The molecule has 0 saturated carbocycles. The summed E-state index contributed by atoms with van der Waals surface area (Å²) in [7, 11) is -1.82. The molecule has 1 unspecified atom stereocenters. The largest absolute Gasteiger partial charge is 0.480 e. The van der Waals surface area contributed by atoms with Crippen molar-refractivity contribution < 1.29 is 27.9 Å². The van der Waals surface area contributed by atoms with Crippen LogP contribution in [-0.2, 0) is 24.3 Å². The number of carbonyl (C=O) groups is 2. The first-order chi connectivity index (χ1) is 6.73. The monoisotopic (exact) mass is 239 g/mol. The Hall–Kier alpha value is -1.15. The number of likely N-dealkylation sites (N-methyl/N-ethyl adjacent to an activating group) is 1. The summed E-state index contributed by atoms with van der Waals surface area (Å²) < 4.78 is 27.9. The van der Waals surface area contributed by atoms with E-state index in [1.54, 1.807) is 0 Å². The van der Waals surface area contributed by atoms with Crippen LogP contribution in [0.15, 0.2) is 0 Å². The average molecular weight is 239 g/mol. The predicted octanol–water partition coefficient (Wildman–Crippen LogP) is -1.11. The first-order valence-electron chi connectivity index (χ1n) is 3.98. The number of rotatable bonds is 5. The highest BCUT2D eigenvalue weighted by atomic mass is 32.2. The van der Waals surface area contributed by atoms with E-state index in [2.05, 4.69) is 4.74 Å². The Balaban J connectivity index is 4.82. The molecule has 0 radical (unpaired) electrons. The van der Waals surface area contributed by atoms with Crippen LogP contribution in [0.3, 0.4) is 0 Å². The number of sulfonamides is 1. The summed E-state index contributed by atoms with van der Waals surface area (Å²) in [6, 6.07) is 0. The van der Waals surface area contributed by atoms with E-state index in [0.717, 1.165) is 21.1 Å². The molecule has 0 aromatic carbocycles. The first kappa shape index (κ1) is 13.8. The maximum Gasteiger partial charge on any atom is 0.325 e. The van der Waals surface area contributed by atoms with Crippen molar-refractivity contribution in [1.82, 2.24) is 4.31 Å². The highest BCUT2D eigenvalue weighted by Gasteiger charge is 2.33. The third-order valence-corrected chi connectivity index (χ3v) is 3.86. The van der Waals surface area contributed by atoms with Crippen molar-refractivity contribution in [2.45, 2.75) is 12.2 Å². The maximum absolute atomic E-state index is 11.5. The number of aliphatic carboxylic acids is 1. The summed E-state index contributed by atoms with van der Waals surface area (Å²) in [6.45, 7) is 0.448. The van der Waals surface area contributed by atoms with Gasteiger partial charge in [-0.2, -0.15) is 4.31 Å². The highest BCUT2D eigenvalue weighted by molar-refractivity contribution is 7.90. The molecule has 0 saturated heterocycles. The summed E-state index contributed by atoms with van der Waals surface area (Å²) in [5.74, 6) is -2.22. The molecule has 0 bridgehead atoms. The van der Waals surface area contributed by atoms with Gasteiger partial charge >= 0.3 is 11.9 Å². The second-order valence-electron chi connectivity index (χ2n) is 2.86. The number of hydrogen-bond donors (Lipinski definition) is 1. The molecule has 0 aliphatic carbocycles. The maximum atomic E-state index is 11.5. The average Bonchev–Trinajstić information content (AvgIpc) is 2.14. The van der Waals surface area contributed by atoms with E-state index in [-0.39, 0.29) is 0 Å². The normalized spacial score (nSPS) is 13.6. The highest BCUT2D eigenvalue weighted by Crippen LogP contribution is 2.07. The van der Waals surface area contributed by atoms with Crippen LogP contribution in [0.25, 0.3) is 0 Å². The lowest BCUT2D eigenvalue weighted by molar-refractivity contribution is -0.140. The Bertz CT molecular complexity index is 348. The van der Waals surface area contributed by atoms with Gasteiger partial charge in [-0.05, 0) is 6.92 Å². The molecule has 0 fully saturated rings. The molecular formula is C7H13NO6S. The fourth-order valence-electron chi connectivity index (χ4n) is 0.838. The Labute approximate surface area is 87.7 Å². The van der Waals surface area contributed by atoms with Crippen LogP contribution >= 0.6 is 0 Å². The van der Waals surface area contributed by atoms with Crippen LogP contribution in [0.5, 0.6) is 0 Å². The Kier molecular flexibility index (Phi) is 4.69. The lowest BCUT2D eigenvalue weighted by Crippen LogP contribution is -2.41. The second kappa shape index (κ2) is 5.08. The molecule has 8 heteroatoms. The summed E-state index contributed by atoms with van der Waals surface area (Å²) >= 11 is 0. The summed E-state index contributed by atoms with van der Waals surface area (Å²) in [5, 5.41) is 6.99. The number of hydrogen-bond acceptors (Lipinski definition) is 5. The Morgan fingerprint density at radius 3 is 2.27 bits per heavy atom. The smallest absolute Gasteiger partial charge is 0.325 e. The first-order valence-corrected chi connectivity index (χ1v) is 5.48. The molecule has 0 spiro atoms. The van der Waals surface area contributed by atoms with Gasteiger partial charge in [0.2, 0.25) is 10.0 Å². The fourth-order valence-corrected chi connectivity index (χ4v) is 2.01. The van der Waals surface area contributed by atoms with Crippen molar-refractivity contribution in [1.29, 1.82) is 0 Å². The molecule has 0 heterocycles. The van der Waals surface area contributed by atoms with Gasteiger partial charge in [0, 0.05) is 7.05 Å². The van der Waals surface area contributed by atoms with Crippen molar-refractivity contribution >= 4 is 22.0 Å². The Morgan fingerprint density at radius 2 is 1.93 bits per heavy atom. The van der Waals surface area contributed by atoms with E-state index in [1.165, 1.54) is 0 Å². The predicted molar refractivity (Wildman–Crippen MR) is 50.7 cm³/mol. The number of nitrogens with zero attached hydrogens (tertiary/aromatic N) is 1. The van der Waals surface area contributed by atoms with Crippen molar-refractivity contribution in [3.8, 4) is 0 Å². The van der Waals surface area contributed by atoms with E-state index < -0.39 is 33.8 Å². The number of methoxy groups -OCH3 is 1. The van der Waals surface area contributed by atoms with Gasteiger partial charge in [0.1, 0.15) is 6.54 Å². The summed E-state index contributed by atoms with van der Waals surface area (Å²) in [5.41, 5.74) is 0. The van der Waals surface area contributed by atoms with Gasteiger partial charge in [-0.1, -0.05) is 0 Å². The minimum absolute atomic E-state index is 0.594. The van der Waals surface area contributed by atoms with E-state index >= 15 is 0 Å². The second-order valence-corrected chi connectivity index (χ2v) is 5.22. The standard InChI is InChI=1S/C7H13NO6S/c1-5(7(11)14-3)15(12,13)8(2)4-6(9)10/h5H,4H2,1-3H3,(H,9,10). The van der Waals surface area contributed by atoms with Crippen molar-refractivity contribution in [3.05, 3.63) is 0 Å². The van der Waals surface area contributed by atoms with Gasteiger partial charge in [0.25, 0.3) is 0 Å². The van der Waals surface area contributed by atoms with E-state index in [9.17, 15) is 18.0 Å². The zero-order chi connectivity index (χ0) is 12.2. The zero-order valence-corrected chi connectivity index (χ0v) is 9.44. The molecule has 88 valence electrons. The summed E-state index contributed by atoms with van der Waals surface area (Å²) in [6.07, 6.45) is 0. The van der Waals surface area contributed by atoms with Gasteiger partial charge in [0.05, 0.1) is 7.11 Å². The lowest BCUT2D eigenvalue weighted by Gasteiger charge is -2.18. The van der Waals surface area contributed by atoms with Crippen LogP contribution in [0.4, 0.5) is 0 Å². The number of carboxylic acids is 1. The van der Waals surface area contributed by atoms with Crippen LogP contribution < -0.4 is 0 Å². The van der Waals surface area contributed by atoms with E-state index in [1.807, 2.05) is 0 Å². The van der Waals surface area contributed by atoms with Gasteiger partial charge in [-0.3, -0.25) is 9.59 Å². The molecule has 0 aromatic heterocycles. The molecule has 0 amide bonds. The quantitative estimate of drug-likeness (QED) is 0.611. The van der Waals surface area contributed by atoms with Gasteiger partial charge in [-0.25, -0.2) is 8.42 Å². The molecule has 0 aromatic rings. The van der Waals surface area contributed by atoms with Crippen molar-refractivity contribution in [3.63, 3.8) is 0 Å². The molecule has 0 aliphatic rings. The van der Waals surface area contributed by atoms with E-state index in [0.29, 0.717) is 4.31 Å². The molecule has 1 atom stereocenters. The third kappa shape index (κ3) is 3.48. The van der Waals surface area contributed by atoms with Gasteiger partial charge in [-0.15, -0.1) is 0 Å². The minimum Gasteiger partial charge on any atom is -0.480 e. The molecular weight excluding hydrogens is 226 g/mol. The zero-order valence-electron chi connectivity index (χ0n) is 8.63. The molecule has 7 nitrogen and oxygen atoms in total. The molecule has 0 aliphatic heterocycles. The third-order valence-electron chi connectivity index (χ3n) is 1.77. The molecule has 0 rings (SSSR count).